The molecule has 0 spiro atoms. The fraction of sp³-hybridized carbons (Fsp3) is 0. The van der Waals surface area contributed by atoms with Crippen molar-refractivity contribution in [2.24, 2.45) is 0 Å². The van der Waals surface area contributed by atoms with Gasteiger partial charge in [0.2, 0.25) is 0 Å². The minimum Gasteiger partial charge on any atom is -0.820 e. The molecule has 6 heteroatoms. The van der Waals surface area contributed by atoms with Crippen LogP contribution in [0.15, 0.2) is 0 Å². The SMILES string of the molecule is [Cu+].[Cu+].[O-]P([O-])O. The molecular weight excluding hydrogens is 206 g/mol. The Balaban J connectivity index is -0.0000000450. The van der Waals surface area contributed by atoms with E-state index < -0.39 is 8.60 Å². The first kappa shape index (κ1) is 15.7. The van der Waals surface area contributed by atoms with E-state index in [1.165, 1.54) is 0 Å². The van der Waals surface area contributed by atoms with E-state index in [1.54, 1.807) is 0 Å². The minimum absolute atomic E-state index is 0. The second kappa shape index (κ2) is 9.60. The molecule has 0 aromatic rings. The van der Waals surface area contributed by atoms with Gasteiger partial charge in [-0.2, -0.15) is 8.60 Å². The van der Waals surface area contributed by atoms with E-state index in [0.717, 1.165) is 0 Å². The Morgan fingerprint density at radius 1 is 1.17 bits per heavy atom. The summed E-state index contributed by atoms with van der Waals surface area (Å²) < 4.78 is 0. The monoisotopic (exact) mass is 206 g/mol. The maximum Gasteiger partial charge on any atom is 1.00 e. The van der Waals surface area contributed by atoms with Crippen molar-refractivity contribution < 1.29 is 48.8 Å². The Morgan fingerprint density at radius 3 is 1.17 bits per heavy atom. The molecule has 0 aromatic carbocycles. The predicted molar refractivity (Wildman–Crippen MR) is 9.14 cm³/mol. The average molecular weight is 207 g/mol. The molecule has 0 rings (SSSR count). The van der Waals surface area contributed by atoms with Crippen LogP contribution < -0.4 is 9.79 Å². The minimum atomic E-state index is -3.12. The molecule has 0 radical (unpaired) electrons. The van der Waals surface area contributed by atoms with E-state index in [4.69, 9.17) is 14.7 Å². The maximum atomic E-state index is 8.59. The van der Waals surface area contributed by atoms with Crippen LogP contribution in [0.5, 0.6) is 0 Å². The van der Waals surface area contributed by atoms with Crippen LogP contribution in [0.3, 0.4) is 0 Å². The third-order valence-corrected chi connectivity index (χ3v) is 0. The van der Waals surface area contributed by atoms with Crippen molar-refractivity contribution in [2.45, 2.75) is 0 Å². The zero-order chi connectivity index (χ0) is 3.58. The smallest absolute Gasteiger partial charge is 0.820 e. The second-order valence-electron chi connectivity index (χ2n) is 0.238. The Hall–Kier alpha value is 1.35. The molecule has 1 N–H and O–H groups in total. The third kappa shape index (κ3) is 55.6. The second-order valence-corrected chi connectivity index (χ2v) is 0.714. The molecule has 0 aromatic heterocycles. The third-order valence-electron chi connectivity index (χ3n) is 0. The molecule has 0 heterocycles. The summed E-state index contributed by atoms with van der Waals surface area (Å²) in [4.78, 5) is 24.2. The van der Waals surface area contributed by atoms with Gasteiger partial charge in [0.15, 0.2) is 0 Å². The topological polar surface area (TPSA) is 66.3 Å². The molecule has 0 unspecified atom stereocenters. The van der Waals surface area contributed by atoms with Gasteiger partial charge in [0.25, 0.3) is 0 Å². The van der Waals surface area contributed by atoms with Gasteiger partial charge in [-0.05, 0) is 0 Å². The van der Waals surface area contributed by atoms with Crippen LogP contribution in [0, 0.1) is 0 Å². The van der Waals surface area contributed by atoms with E-state index in [2.05, 4.69) is 0 Å². The molecule has 6 heavy (non-hydrogen) atoms. The largest absolute Gasteiger partial charge is 1.00 e. The summed E-state index contributed by atoms with van der Waals surface area (Å²) in [5.41, 5.74) is 0. The summed E-state index contributed by atoms with van der Waals surface area (Å²) in [5, 5.41) is 0. The van der Waals surface area contributed by atoms with E-state index in [1.807, 2.05) is 0 Å². The van der Waals surface area contributed by atoms with Gasteiger partial charge in [0, 0.05) is 0 Å². The van der Waals surface area contributed by atoms with Crippen LogP contribution in [-0.4, -0.2) is 4.89 Å². The molecule has 0 saturated heterocycles. The quantitative estimate of drug-likeness (QED) is 0.366. The van der Waals surface area contributed by atoms with Gasteiger partial charge in [-0.15, -0.1) is 0 Å². The van der Waals surface area contributed by atoms with Gasteiger partial charge in [-0.25, -0.2) is 0 Å². The van der Waals surface area contributed by atoms with Crippen molar-refractivity contribution in [3.05, 3.63) is 0 Å². The number of hydrogen-bond acceptors (Lipinski definition) is 3. The van der Waals surface area contributed by atoms with Gasteiger partial charge in [-0.1, -0.05) is 0 Å². The van der Waals surface area contributed by atoms with Crippen LogP contribution in [0.1, 0.15) is 0 Å². The number of rotatable bonds is 0. The van der Waals surface area contributed by atoms with Crippen LogP contribution in [0.2, 0.25) is 0 Å². The molecule has 0 aliphatic rings. The summed E-state index contributed by atoms with van der Waals surface area (Å²) >= 11 is 0. The predicted octanol–water partition coefficient (Wildman–Crippen LogP) is -2.08. The summed E-state index contributed by atoms with van der Waals surface area (Å²) in [5.74, 6) is 0. The number of hydrogen-bond donors (Lipinski definition) is 1. The van der Waals surface area contributed by atoms with Crippen LogP contribution in [0.4, 0.5) is 0 Å². The Morgan fingerprint density at radius 2 is 1.17 bits per heavy atom. The normalized spacial score (nSPS) is 6.00. The van der Waals surface area contributed by atoms with Gasteiger partial charge in [0.05, 0.1) is 0 Å². The van der Waals surface area contributed by atoms with E-state index in [-0.39, 0.29) is 34.1 Å². The average Bonchev–Trinajstić information content (AvgIpc) is 0.811. The van der Waals surface area contributed by atoms with Crippen molar-refractivity contribution in [1.29, 1.82) is 0 Å². The summed E-state index contributed by atoms with van der Waals surface area (Å²) in [6, 6.07) is 0. The zero-order valence-corrected chi connectivity index (χ0v) is 5.09. The molecule has 0 saturated carbocycles. The summed E-state index contributed by atoms with van der Waals surface area (Å²) in [6.07, 6.45) is 0. The zero-order valence-electron chi connectivity index (χ0n) is 2.31. The Labute approximate surface area is 57.7 Å². The molecular formula is HCu2O3P. The molecule has 0 amide bonds. The van der Waals surface area contributed by atoms with Gasteiger partial charge in [-0.3, -0.25) is 0 Å². The van der Waals surface area contributed by atoms with Crippen molar-refractivity contribution in [1.82, 2.24) is 0 Å². The molecule has 0 atom stereocenters. The van der Waals surface area contributed by atoms with Crippen molar-refractivity contribution >= 4 is 8.60 Å². The molecule has 0 aliphatic carbocycles. The first-order valence-corrected chi connectivity index (χ1v) is 1.70. The van der Waals surface area contributed by atoms with Gasteiger partial charge >= 0.3 is 34.1 Å². The van der Waals surface area contributed by atoms with Crippen molar-refractivity contribution in [3.63, 3.8) is 0 Å². The first-order chi connectivity index (χ1) is 1.73. The van der Waals surface area contributed by atoms with Crippen molar-refractivity contribution in [3.8, 4) is 0 Å². The summed E-state index contributed by atoms with van der Waals surface area (Å²) in [6.45, 7) is 0. The fourth-order valence-corrected chi connectivity index (χ4v) is 0. The van der Waals surface area contributed by atoms with Gasteiger partial charge in [0.1, 0.15) is 0 Å². The van der Waals surface area contributed by atoms with Gasteiger partial charge < -0.3 is 14.7 Å². The molecule has 0 fully saturated rings. The van der Waals surface area contributed by atoms with Crippen LogP contribution in [-0.2, 0) is 34.1 Å². The Kier molecular flexibility index (Phi) is 25.1. The standard InChI is InChI=1S/2Cu.HO3P/c;;1-4(2)3/h;;1H/q2*+1;-2. The molecule has 0 aliphatic heterocycles. The van der Waals surface area contributed by atoms with E-state index >= 15 is 0 Å². The molecule has 3 nitrogen and oxygen atoms in total. The van der Waals surface area contributed by atoms with Crippen LogP contribution >= 0.6 is 8.60 Å². The fourth-order valence-electron chi connectivity index (χ4n) is 0. The van der Waals surface area contributed by atoms with Crippen LogP contribution in [0.25, 0.3) is 0 Å². The first-order valence-electron chi connectivity index (χ1n) is 0.565. The van der Waals surface area contributed by atoms with E-state index in [0.29, 0.717) is 0 Å². The van der Waals surface area contributed by atoms with Crippen molar-refractivity contribution in [2.75, 3.05) is 0 Å². The molecule has 46 valence electrons. The van der Waals surface area contributed by atoms with E-state index in [9.17, 15) is 0 Å². The molecule has 0 bridgehead atoms. The Bertz CT molecular complexity index is 13.5. The maximum absolute atomic E-state index is 8.59. The summed E-state index contributed by atoms with van der Waals surface area (Å²) in [7, 11) is -3.12.